The Morgan fingerprint density at radius 2 is 2.19 bits per heavy atom. The third-order valence-corrected chi connectivity index (χ3v) is 4.54. The van der Waals surface area contributed by atoms with Crippen LogP contribution >= 0.6 is 0 Å². The van der Waals surface area contributed by atoms with Gasteiger partial charge in [-0.25, -0.2) is 9.18 Å². The van der Waals surface area contributed by atoms with Crippen LogP contribution < -0.4 is 10.6 Å². The van der Waals surface area contributed by atoms with Crippen LogP contribution in [0.4, 0.5) is 9.18 Å². The molecule has 0 aliphatic carbocycles. The Hall–Kier alpha value is -3.16. The van der Waals surface area contributed by atoms with Gasteiger partial charge < -0.3 is 15.6 Å². The topological polar surface area (TPSA) is 94.3 Å². The molecule has 142 valence electrons. The molecular formula is C19H21FN4O3. The molecule has 1 saturated heterocycles. The van der Waals surface area contributed by atoms with Gasteiger partial charge in [0.15, 0.2) is 0 Å². The van der Waals surface area contributed by atoms with Crippen LogP contribution in [-0.4, -0.2) is 46.9 Å². The molecule has 1 atom stereocenters. The van der Waals surface area contributed by atoms with Crippen LogP contribution in [0.15, 0.2) is 37.1 Å². The van der Waals surface area contributed by atoms with Crippen molar-refractivity contribution in [2.24, 2.45) is 0 Å². The zero-order chi connectivity index (χ0) is 19.4. The molecule has 2 heterocycles. The highest BCUT2D eigenvalue weighted by atomic mass is 19.1. The number of carbonyl (C=O) groups excluding carboxylic acids is 3. The molecule has 0 saturated carbocycles. The van der Waals surface area contributed by atoms with E-state index in [1.165, 1.54) is 12.1 Å². The van der Waals surface area contributed by atoms with E-state index in [0.717, 1.165) is 21.4 Å². The van der Waals surface area contributed by atoms with Crippen LogP contribution in [0, 0.1) is 5.82 Å². The summed E-state index contributed by atoms with van der Waals surface area (Å²) >= 11 is 0. The van der Waals surface area contributed by atoms with Crippen molar-refractivity contribution in [1.29, 1.82) is 0 Å². The first-order valence-corrected chi connectivity index (χ1v) is 8.74. The lowest BCUT2D eigenvalue weighted by atomic mass is 10.1. The van der Waals surface area contributed by atoms with Gasteiger partial charge in [-0.2, -0.15) is 0 Å². The highest BCUT2D eigenvalue weighted by molar-refractivity contribution is 6.04. The summed E-state index contributed by atoms with van der Waals surface area (Å²) in [7, 11) is 0. The van der Waals surface area contributed by atoms with Gasteiger partial charge in [0.1, 0.15) is 11.9 Å². The number of hydrogen-bond acceptors (Lipinski definition) is 3. The Morgan fingerprint density at radius 1 is 1.37 bits per heavy atom. The summed E-state index contributed by atoms with van der Waals surface area (Å²) in [5.41, 5.74) is 1.63. The number of aromatic amines is 1. The molecule has 7 nitrogen and oxygen atoms in total. The third kappa shape index (κ3) is 4.16. The van der Waals surface area contributed by atoms with E-state index < -0.39 is 12.1 Å². The SMILES string of the molecule is C=CCNC(=O)CCC1NC(=O)N(CCc2c[nH]c3ccc(F)cc23)C1=O. The molecule has 27 heavy (non-hydrogen) atoms. The zero-order valence-electron chi connectivity index (χ0n) is 14.8. The van der Waals surface area contributed by atoms with Gasteiger partial charge in [0.05, 0.1) is 0 Å². The monoisotopic (exact) mass is 372 g/mol. The summed E-state index contributed by atoms with van der Waals surface area (Å²) in [5.74, 6) is -0.883. The minimum atomic E-state index is -0.701. The van der Waals surface area contributed by atoms with Crippen LogP contribution in [0.25, 0.3) is 10.9 Å². The van der Waals surface area contributed by atoms with Crippen molar-refractivity contribution in [3.8, 4) is 0 Å². The molecule has 4 amide bonds. The molecule has 0 radical (unpaired) electrons. The molecular weight excluding hydrogens is 351 g/mol. The van der Waals surface area contributed by atoms with Gasteiger partial charge in [-0.1, -0.05) is 6.08 Å². The van der Waals surface area contributed by atoms with E-state index >= 15 is 0 Å². The second kappa shape index (κ2) is 8.03. The first kappa shape index (κ1) is 18.6. The zero-order valence-corrected chi connectivity index (χ0v) is 14.8. The predicted octanol–water partition coefficient (Wildman–Crippen LogP) is 1.85. The molecule has 0 bridgehead atoms. The molecule has 0 spiro atoms. The second-order valence-electron chi connectivity index (χ2n) is 6.38. The number of halogens is 1. The van der Waals surface area contributed by atoms with Crippen molar-refractivity contribution in [2.45, 2.75) is 25.3 Å². The maximum absolute atomic E-state index is 13.5. The van der Waals surface area contributed by atoms with Crippen LogP contribution in [0.5, 0.6) is 0 Å². The van der Waals surface area contributed by atoms with Crippen molar-refractivity contribution in [3.63, 3.8) is 0 Å². The average molecular weight is 372 g/mol. The number of amides is 4. The summed E-state index contributed by atoms with van der Waals surface area (Å²) in [6, 6.07) is 3.28. The van der Waals surface area contributed by atoms with Crippen molar-refractivity contribution in [3.05, 3.63) is 48.4 Å². The Morgan fingerprint density at radius 3 is 2.96 bits per heavy atom. The van der Waals surface area contributed by atoms with Gasteiger partial charge in [-0.05, 0) is 36.6 Å². The number of rotatable bonds is 8. The molecule has 3 N–H and O–H groups in total. The summed E-state index contributed by atoms with van der Waals surface area (Å²) < 4.78 is 13.5. The molecule has 1 fully saturated rings. The number of imide groups is 1. The largest absolute Gasteiger partial charge is 0.361 e. The number of fused-ring (bicyclic) bond motifs is 1. The Labute approximate surface area is 155 Å². The highest BCUT2D eigenvalue weighted by Crippen LogP contribution is 2.21. The standard InChI is InChI=1S/C19H21FN4O3/c1-2-8-21-17(25)6-5-16-18(26)24(19(27)23-16)9-7-12-11-22-15-4-3-13(20)10-14(12)15/h2-4,10-11,16,22H,1,5-9H2,(H,21,25)(H,23,27). The van der Waals surface area contributed by atoms with Crippen molar-refractivity contribution < 1.29 is 18.8 Å². The summed E-state index contributed by atoms with van der Waals surface area (Å²) in [6.07, 6.45) is 4.11. The number of benzene rings is 1. The molecule has 8 heteroatoms. The molecule has 1 aliphatic rings. The summed E-state index contributed by atoms with van der Waals surface area (Å²) in [5, 5.41) is 5.97. The van der Waals surface area contributed by atoms with Gasteiger partial charge in [0.25, 0.3) is 5.91 Å². The number of aromatic nitrogens is 1. The van der Waals surface area contributed by atoms with E-state index in [-0.39, 0.29) is 37.0 Å². The first-order valence-electron chi connectivity index (χ1n) is 8.74. The minimum absolute atomic E-state index is 0.139. The van der Waals surface area contributed by atoms with Gasteiger partial charge >= 0.3 is 6.03 Å². The van der Waals surface area contributed by atoms with Crippen LogP contribution in [-0.2, 0) is 16.0 Å². The fourth-order valence-electron chi connectivity index (χ4n) is 3.12. The molecule has 1 aromatic carbocycles. The van der Waals surface area contributed by atoms with Crippen molar-refractivity contribution in [1.82, 2.24) is 20.5 Å². The maximum atomic E-state index is 13.5. The second-order valence-corrected chi connectivity index (χ2v) is 6.38. The fourth-order valence-corrected chi connectivity index (χ4v) is 3.12. The third-order valence-electron chi connectivity index (χ3n) is 4.54. The maximum Gasteiger partial charge on any atom is 0.324 e. The van der Waals surface area contributed by atoms with E-state index in [1.807, 2.05) is 0 Å². The van der Waals surface area contributed by atoms with E-state index in [1.54, 1.807) is 18.3 Å². The minimum Gasteiger partial charge on any atom is -0.361 e. The smallest absolute Gasteiger partial charge is 0.324 e. The number of nitrogens with one attached hydrogen (secondary N) is 3. The number of H-pyrrole nitrogens is 1. The van der Waals surface area contributed by atoms with Crippen molar-refractivity contribution in [2.75, 3.05) is 13.1 Å². The van der Waals surface area contributed by atoms with E-state index in [4.69, 9.17) is 0 Å². The Bertz CT molecular complexity index is 892. The van der Waals surface area contributed by atoms with Gasteiger partial charge in [-0.3, -0.25) is 14.5 Å². The number of hydrogen-bond donors (Lipinski definition) is 3. The van der Waals surface area contributed by atoms with Gasteiger partial charge in [0, 0.05) is 36.6 Å². The van der Waals surface area contributed by atoms with Gasteiger partial charge in [-0.15, -0.1) is 6.58 Å². The first-order chi connectivity index (χ1) is 13.0. The quantitative estimate of drug-likeness (QED) is 0.488. The molecule has 2 aromatic rings. The van der Waals surface area contributed by atoms with Gasteiger partial charge in [0.2, 0.25) is 5.91 Å². The number of urea groups is 1. The molecule has 1 unspecified atom stereocenters. The highest BCUT2D eigenvalue weighted by Gasteiger charge is 2.37. The average Bonchev–Trinajstić information content (AvgIpc) is 3.16. The van der Waals surface area contributed by atoms with Crippen LogP contribution in [0.2, 0.25) is 0 Å². The number of carbonyl (C=O) groups is 3. The van der Waals surface area contributed by atoms with E-state index in [9.17, 15) is 18.8 Å². The summed E-state index contributed by atoms with van der Waals surface area (Å²) in [4.78, 5) is 40.4. The van der Waals surface area contributed by atoms with Crippen LogP contribution in [0.1, 0.15) is 18.4 Å². The summed E-state index contributed by atoms with van der Waals surface area (Å²) in [6.45, 7) is 4.06. The molecule has 1 aliphatic heterocycles. The number of nitrogens with zero attached hydrogens (tertiary/aromatic N) is 1. The normalized spacial score (nSPS) is 16.6. The van der Waals surface area contributed by atoms with Crippen molar-refractivity contribution >= 4 is 28.7 Å². The van der Waals surface area contributed by atoms with E-state index in [2.05, 4.69) is 22.2 Å². The van der Waals surface area contributed by atoms with E-state index in [0.29, 0.717) is 13.0 Å². The molecule has 1 aromatic heterocycles. The predicted molar refractivity (Wildman–Crippen MR) is 98.4 cm³/mol. The Kier molecular flexibility index (Phi) is 5.54. The lowest BCUT2D eigenvalue weighted by Gasteiger charge is -2.12. The lowest BCUT2D eigenvalue weighted by molar-refractivity contribution is -0.127. The molecule has 3 rings (SSSR count). The van der Waals surface area contributed by atoms with Crippen LogP contribution in [0.3, 0.4) is 0 Å². The lowest BCUT2D eigenvalue weighted by Crippen LogP contribution is -2.34. The fraction of sp³-hybridized carbons (Fsp3) is 0.316. The Balaban J connectivity index is 1.58.